The summed E-state index contributed by atoms with van der Waals surface area (Å²) < 4.78 is 12.6. The second kappa shape index (κ2) is 5.26. The van der Waals surface area contributed by atoms with Gasteiger partial charge in [-0.3, -0.25) is 4.68 Å². The number of nitrogens with zero attached hydrogens (tertiary/aromatic N) is 2. The Labute approximate surface area is 122 Å². The average molecular weight is 286 g/mol. The molecular formula is C16H18N2O3. The Morgan fingerprint density at radius 1 is 1.29 bits per heavy atom. The van der Waals surface area contributed by atoms with Crippen LogP contribution in [0.25, 0.3) is 11.0 Å². The lowest BCUT2D eigenvalue weighted by Gasteiger charge is -2.16. The van der Waals surface area contributed by atoms with E-state index >= 15 is 0 Å². The minimum atomic E-state index is -0.853. The van der Waals surface area contributed by atoms with Crippen LogP contribution in [0, 0.1) is 0 Å². The van der Waals surface area contributed by atoms with Gasteiger partial charge in [0.05, 0.1) is 19.6 Å². The van der Waals surface area contributed by atoms with Gasteiger partial charge in [-0.2, -0.15) is 5.10 Å². The normalized spacial score (nSPS) is 13.0. The Bertz CT molecular complexity index is 758. The molecule has 3 aromatic rings. The number of benzene rings is 1. The summed E-state index contributed by atoms with van der Waals surface area (Å²) in [6, 6.07) is 7.76. The van der Waals surface area contributed by atoms with E-state index in [1.54, 1.807) is 24.3 Å². The summed E-state index contributed by atoms with van der Waals surface area (Å²) in [5.74, 6) is 0.571. The number of aromatic nitrogens is 2. The van der Waals surface area contributed by atoms with Gasteiger partial charge in [-0.25, -0.2) is 0 Å². The number of furan rings is 1. The van der Waals surface area contributed by atoms with Gasteiger partial charge in [-0.15, -0.1) is 0 Å². The largest absolute Gasteiger partial charge is 0.493 e. The first-order chi connectivity index (χ1) is 10.1. The second-order valence-corrected chi connectivity index (χ2v) is 5.23. The van der Waals surface area contributed by atoms with E-state index in [1.807, 2.05) is 38.1 Å². The summed E-state index contributed by atoms with van der Waals surface area (Å²) >= 11 is 0. The molecular weight excluding hydrogens is 268 g/mol. The smallest absolute Gasteiger partial charge is 0.163 e. The van der Waals surface area contributed by atoms with E-state index in [0.29, 0.717) is 17.0 Å². The number of hydrogen-bond donors (Lipinski definition) is 1. The molecule has 0 saturated heterocycles. The van der Waals surface area contributed by atoms with Crippen LogP contribution in [0.3, 0.4) is 0 Å². The van der Waals surface area contributed by atoms with Gasteiger partial charge in [0.2, 0.25) is 0 Å². The van der Waals surface area contributed by atoms with Crippen molar-refractivity contribution in [3.63, 3.8) is 0 Å². The lowest BCUT2D eigenvalue weighted by molar-refractivity contribution is 0.200. The molecule has 0 radical (unpaired) electrons. The van der Waals surface area contributed by atoms with E-state index in [9.17, 15) is 5.11 Å². The molecule has 1 atom stereocenters. The van der Waals surface area contributed by atoms with E-state index in [-0.39, 0.29) is 6.04 Å². The Hall–Kier alpha value is -2.27. The van der Waals surface area contributed by atoms with Crippen LogP contribution in [-0.4, -0.2) is 22.0 Å². The fraction of sp³-hybridized carbons (Fsp3) is 0.312. The third-order valence-electron chi connectivity index (χ3n) is 3.57. The molecule has 0 saturated carbocycles. The molecule has 0 spiro atoms. The molecule has 5 heteroatoms. The predicted octanol–water partition coefficient (Wildman–Crippen LogP) is 3.30. The zero-order chi connectivity index (χ0) is 15.0. The molecule has 3 rings (SSSR count). The molecule has 1 aromatic carbocycles. The summed E-state index contributed by atoms with van der Waals surface area (Å²) in [6.07, 6.45) is 2.36. The third-order valence-corrected chi connectivity index (χ3v) is 3.57. The van der Waals surface area contributed by atoms with Gasteiger partial charge in [-0.1, -0.05) is 18.2 Å². The molecule has 21 heavy (non-hydrogen) atoms. The minimum absolute atomic E-state index is 0.122. The highest BCUT2D eigenvalue weighted by Crippen LogP contribution is 2.35. The Kier molecular flexibility index (Phi) is 3.43. The second-order valence-electron chi connectivity index (χ2n) is 5.23. The number of methoxy groups -OCH3 is 1. The Balaban J connectivity index is 2.14. The van der Waals surface area contributed by atoms with Crippen LogP contribution in [0.5, 0.6) is 5.75 Å². The SMILES string of the molecule is COc1cnn(C(C)C)c1C(O)c1coc2ccccc12. The third kappa shape index (κ3) is 2.19. The van der Waals surface area contributed by atoms with Gasteiger partial charge in [-0.05, 0) is 19.9 Å². The van der Waals surface area contributed by atoms with Crippen LogP contribution < -0.4 is 4.74 Å². The molecule has 1 unspecified atom stereocenters. The topological polar surface area (TPSA) is 60.4 Å². The molecule has 0 bridgehead atoms. The van der Waals surface area contributed by atoms with Crippen LogP contribution in [0.2, 0.25) is 0 Å². The zero-order valence-electron chi connectivity index (χ0n) is 12.3. The maximum absolute atomic E-state index is 10.8. The molecule has 0 fully saturated rings. The van der Waals surface area contributed by atoms with Crippen LogP contribution in [0.4, 0.5) is 0 Å². The minimum Gasteiger partial charge on any atom is -0.493 e. The molecule has 0 aliphatic heterocycles. The van der Waals surface area contributed by atoms with Crippen molar-refractivity contribution < 1.29 is 14.3 Å². The van der Waals surface area contributed by atoms with Crippen molar-refractivity contribution in [2.75, 3.05) is 7.11 Å². The fourth-order valence-corrected chi connectivity index (χ4v) is 2.54. The van der Waals surface area contributed by atoms with Crippen LogP contribution in [0.15, 0.2) is 41.1 Å². The molecule has 5 nitrogen and oxygen atoms in total. The Morgan fingerprint density at radius 2 is 2.05 bits per heavy atom. The predicted molar refractivity (Wildman–Crippen MR) is 79.4 cm³/mol. The number of aliphatic hydroxyl groups excluding tert-OH is 1. The van der Waals surface area contributed by atoms with E-state index in [4.69, 9.17) is 9.15 Å². The average Bonchev–Trinajstić information content (AvgIpc) is 3.10. The number of rotatable bonds is 4. The molecule has 110 valence electrons. The first-order valence-electron chi connectivity index (χ1n) is 6.89. The highest BCUT2D eigenvalue weighted by molar-refractivity contribution is 5.81. The van der Waals surface area contributed by atoms with Crippen LogP contribution >= 0.6 is 0 Å². The van der Waals surface area contributed by atoms with Gasteiger partial charge >= 0.3 is 0 Å². The molecule has 1 N–H and O–H groups in total. The van der Waals surface area contributed by atoms with Gasteiger partial charge in [0.25, 0.3) is 0 Å². The fourth-order valence-electron chi connectivity index (χ4n) is 2.54. The molecule has 0 aliphatic carbocycles. The highest BCUT2D eigenvalue weighted by atomic mass is 16.5. The summed E-state index contributed by atoms with van der Waals surface area (Å²) in [6.45, 7) is 4.02. The van der Waals surface area contributed by atoms with Crippen molar-refractivity contribution in [3.8, 4) is 5.75 Å². The molecule has 2 aromatic heterocycles. The van der Waals surface area contributed by atoms with Crippen molar-refractivity contribution in [1.82, 2.24) is 9.78 Å². The van der Waals surface area contributed by atoms with Crippen molar-refractivity contribution in [2.24, 2.45) is 0 Å². The Morgan fingerprint density at radius 3 is 2.76 bits per heavy atom. The van der Waals surface area contributed by atoms with E-state index in [2.05, 4.69) is 5.10 Å². The molecule has 0 aliphatic rings. The van der Waals surface area contributed by atoms with Gasteiger partial charge < -0.3 is 14.3 Å². The number of para-hydroxylation sites is 1. The van der Waals surface area contributed by atoms with Crippen molar-refractivity contribution >= 4 is 11.0 Å². The van der Waals surface area contributed by atoms with Crippen molar-refractivity contribution in [2.45, 2.75) is 26.0 Å². The highest BCUT2D eigenvalue weighted by Gasteiger charge is 2.25. The van der Waals surface area contributed by atoms with Crippen molar-refractivity contribution in [1.29, 1.82) is 0 Å². The zero-order valence-corrected chi connectivity index (χ0v) is 12.3. The first-order valence-corrected chi connectivity index (χ1v) is 6.89. The number of ether oxygens (including phenoxy) is 1. The standard InChI is InChI=1S/C16H18N2O3/c1-10(2)18-15(14(20-3)8-17-18)16(19)12-9-21-13-7-5-4-6-11(12)13/h4-10,16,19H,1-3H3. The lowest BCUT2D eigenvalue weighted by Crippen LogP contribution is -2.12. The summed E-state index contributed by atoms with van der Waals surface area (Å²) in [5.41, 5.74) is 2.10. The van der Waals surface area contributed by atoms with E-state index in [1.165, 1.54) is 0 Å². The number of aliphatic hydroxyl groups is 1. The lowest BCUT2D eigenvalue weighted by atomic mass is 10.0. The van der Waals surface area contributed by atoms with Gasteiger partial charge in [0, 0.05) is 17.0 Å². The summed E-state index contributed by atoms with van der Waals surface area (Å²) in [7, 11) is 1.57. The first kappa shape index (κ1) is 13.7. The van der Waals surface area contributed by atoms with Gasteiger partial charge in [0.1, 0.15) is 17.4 Å². The van der Waals surface area contributed by atoms with Crippen molar-refractivity contribution in [3.05, 3.63) is 48.0 Å². The number of hydrogen-bond acceptors (Lipinski definition) is 4. The van der Waals surface area contributed by atoms with E-state index in [0.717, 1.165) is 11.0 Å². The molecule has 2 heterocycles. The monoisotopic (exact) mass is 286 g/mol. The quantitative estimate of drug-likeness (QED) is 0.799. The molecule has 0 amide bonds. The number of fused-ring (bicyclic) bond motifs is 1. The maximum atomic E-state index is 10.8. The summed E-state index contributed by atoms with van der Waals surface area (Å²) in [5, 5.41) is 16.0. The van der Waals surface area contributed by atoms with Gasteiger partial charge in [0.15, 0.2) is 5.75 Å². The maximum Gasteiger partial charge on any atom is 0.163 e. The summed E-state index contributed by atoms with van der Waals surface area (Å²) in [4.78, 5) is 0. The van der Waals surface area contributed by atoms with Crippen LogP contribution in [-0.2, 0) is 0 Å². The van der Waals surface area contributed by atoms with Crippen LogP contribution in [0.1, 0.15) is 37.3 Å². The van der Waals surface area contributed by atoms with E-state index < -0.39 is 6.10 Å².